The Hall–Kier alpha value is -3.60. The number of aliphatic carboxylic acids is 1. The van der Waals surface area contributed by atoms with Crippen molar-refractivity contribution in [2.75, 3.05) is 0 Å². The Labute approximate surface area is 192 Å². The molecule has 0 radical (unpaired) electrons. The van der Waals surface area contributed by atoms with Crippen molar-refractivity contribution in [1.82, 2.24) is 9.47 Å². The lowest BCUT2D eigenvalue weighted by Crippen LogP contribution is -2.45. The van der Waals surface area contributed by atoms with Crippen LogP contribution >= 0.6 is 0 Å². The highest BCUT2D eigenvalue weighted by Crippen LogP contribution is 2.43. The van der Waals surface area contributed by atoms with Crippen LogP contribution in [0.4, 0.5) is 0 Å². The number of carboxylic acid groups (broad SMARTS) is 1. The SMILES string of the molecule is CC1(C(=O)N2Cc3cccc4cccc(c34)C2)CCc2c(c3ccccc3n2CC(=O)O)C1. The van der Waals surface area contributed by atoms with Crippen LogP contribution in [-0.4, -0.2) is 26.5 Å². The van der Waals surface area contributed by atoms with Crippen LogP contribution in [-0.2, 0) is 42.1 Å². The Morgan fingerprint density at radius 2 is 1.67 bits per heavy atom. The first-order valence-corrected chi connectivity index (χ1v) is 11.5. The number of nitrogens with zero attached hydrogens (tertiary/aromatic N) is 2. The molecular weight excluding hydrogens is 412 g/mol. The van der Waals surface area contributed by atoms with Crippen LogP contribution in [0, 0.1) is 5.41 Å². The quantitative estimate of drug-likeness (QED) is 0.494. The summed E-state index contributed by atoms with van der Waals surface area (Å²) in [6.07, 6.45) is 2.06. The second-order valence-corrected chi connectivity index (χ2v) is 9.75. The molecule has 5 heteroatoms. The summed E-state index contributed by atoms with van der Waals surface area (Å²) in [5.41, 5.74) is 5.05. The predicted octanol–water partition coefficient (Wildman–Crippen LogP) is 4.92. The van der Waals surface area contributed by atoms with Gasteiger partial charge in [0.05, 0.1) is 5.41 Å². The fourth-order valence-corrected chi connectivity index (χ4v) is 6.04. The van der Waals surface area contributed by atoms with E-state index in [1.165, 1.54) is 21.9 Å². The standard InChI is InChI=1S/C28H26N2O3/c1-28(27(33)29-15-19-8-4-6-18-7-5-9-20(16-29)26(18)19)13-12-24-22(14-28)21-10-2-3-11-23(21)30(24)17-25(31)32/h2-11H,12-17H2,1H3,(H,31,32). The lowest BCUT2D eigenvalue weighted by molar-refractivity contribution is -0.143. The van der Waals surface area contributed by atoms with Gasteiger partial charge >= 0.3 is 5.97 Å². The predicted molar refractivity (Wildman–Crippen MR) is 128 cm³/mol. The minimum Gasteiger partial charge on any atom is -0.480 e. The van der Waals surface area contributed by atoms with E-state index < -0.39 is 11.4 Å². The van der Waals surface area contributed by atoms with Gasteiger partial charge in [0, 0.05) is 29.7 Å². The summed E-state index contributed by atoms with van der Waals surface area (Å²) in [5.74, 6) is -0.654. The highest BCUT2D eigenvalue weighted by atomic mass is 16.4. The van der Waals surface area contributed by atoms with Crippen LogP contribution in [0.1, 0.15) is 35.7 Å². The molecular formula is C28H26N2O3. The van der Waals surface area contributed by atoms with Crippen molar-refractivity contribution in [3.05, 3.63) is 83.0 Å². The van der Waals surface area contributed by atoms with E-state index in [1.54, 1.807) is 0 Å². The molecule has 166 valence electrons. The van der Waals surface area contributed by atoms with Crippen molar-refractivity contribution >= 4 is 33.6 Å². The molecule has 2 heterocycles. The fraction of sp³-hybridized carbons (Fsp3) is 0.286. The van der Waals surface area contributed by atoms with Gasteiger partial charge < -0.3 is 14.6 Å². The minimum absolute atomic E-state index is 0.0482. The molecule has 6 rings (SSSR count). The molecule has 0 saturated heterocycles. The molecule has 1 unspecified atom stereocenters. The lowest BCUT2D eigenvalue weighted by Gasteiger charge is -2.39. The molecule has 0 spiro atoms. The monoisotopic (exact) mass is 438 g/mol. The van der Waals surface area contributed by atoms with Gasteiger partial charge in [-0.25, -0.2) is 0 Å². The number of rotatable bonds is 3. The van der Waals surface area contributed by atoms with Crippen LogP contribution < -0.4 is 0 Å². The third kappa shape index (κ3) is 3.06. The molecule has 1 aliphatic carbocycles. The molecule has 3 aromatic carbocycles. The number of aromatic nitrogens is 1. The van der Waals surface area contributed by atoms with Crippen LogP contribution in [0.5, 0.6) is 0 Å². The fourth-order valence-electron chi connectivity index (χ4n) is 6.04. The summed E-state index contributed by atoms with van der Waals surface area (Å²) < 4.78 is 1.93. The first-order valence-electron chi connectivity index (χ1n) is 11.5. The molecule has 1 N–H and O–H groups in total. The van der Waals surface area contributed by atoms with E-state index in [1.807, 2.05) is 27.7 Å². The van der Waals surface area contributed by atoms with Crippen LogP contribution in [0.15, 0.2) is 60.7 Å². The second kappa shape index (κ2) is 7.20. The maximum absolute atomic E-state index is 14.0. The Morgan fingerprint density at radius 3 is 2.36 bits per heavy atom. The number of fused-ring (bicyclic) bond motifs is 3. The third-order valence-corrected chi connectivity index (χ3v) is 7.57. The van der Waals surface area contributed by atoms with E-state index in [0.29, 0.717) is 25.9 Å². The van der Waals surface area contributed by atoms with Gasteiger partial charge in [-0.15, -0.1) is 0 Å². The van der Waals surface area contributed by atoms with Crippen molar-refractivity contribution in [2.24, 2.45) is 5.41 Å². The maximum Gasteiger partial charge on any atom is 0.323 e. The highest BCUT2D eigenvalue weighted by molar-refractivity contribution is 5.93. The molecule has 4 aromatic rings. The zero-order chi connectivity index (χ0) is 22.7. The molecule has 1 aromatic heterocycles. The van der Waals surface area contributed by atoms with Crippen molar-refractivity contribution in [3.63, 3.8) is 0 Å². The van der Waals surface area contributed by atoms with Crippen molar-refractivity contribution in [2.45, 2.75) is 45.8 Å². The lowest BCUT2D eigenvalue weighted by atomic mass is 9.73. The van der Waals surface area contributed by atoms with Gasteiger partial charge in [-0.3, -0.25) is 9.59 Å². The summed E-state index contributed by atoms with van der Waals surface area (Å²) in [7, 11) is 0. The Morgan fingerprint density at radius 1 is 0.970 bits per heavy atom. The maximum atomic E-state index is 14.0. The Balaban J connectivity index is 1.36. The first-order chi connectivity index (χ1) is 15.9. The van der Waals surface area contributed by atoms with Gasteiger partial charge in [0.25, 0.3) is 0 Å². The number of hydrogen-bond donors (Lipinski definition) is 1. The molecule has 1 aliphatic heterocycles. The van der Waals surface area contributed by atoms with Crippen molar-refractivity contribution in [3.8, 4) is 0 Å². The van der Waals surface area contributed by atoms with Gasteiger partial charge in [-0.05, 0) is 52.8 Å². The van der Waals surface area contributed by atoms with Crippen molar-refractivity contribution < 1.29 is 14.7 Å². The average Bonchev–Trinajstić information content (AvgIpc) is 3.11. The number of hydrogen-bond acceptors (Lipinski definition) is 2. The van der Waals surface area contributed by atoms with Crippen molar-refractivity contribution in [1.29, 1.82) is 0 Å². The summed E-state index contributed by atoms with van der Waals surface area (Å²) >= 11 is 0. The van der Waals surface area contributed by atoms with E-state index >= 15 is 0 Å². The third-order valence-electron chi connectivity index (χ3n) is 7.57. The molecule has 0 saturated carbocycles. The molecule has 0 fully saturated rings. The van der Waals surface area contributed by atoms with E-state index in [4.69, 9.17) is 0 Å². The van der Waals surface area contributed by atoms with Crippen LogP contribution in [0.2, 0.25) is 0 Å². The highest BCUT2D eigenvalue weighted by Gasteiger charge is 2.42. The summed E-state index contributed by atoms with van der Waals surface area (Å²) in [4.78, 5) is 27.5. The molecule has 1 atom stereocenters. The molecule has 33 heavy (non-hydrogen) atoms. The summed E-state index contributed by atoms with van der Waals surface area (Å²) in [6, 6.07) is 20.7. The normalized spacial score (nSPS) is 19.6. The molecule has 1 amide bonds. The van der Waals surface area contributed by atoms with Crippen LogP contribution in [0.25, 0.3) is 21.7 Å². The Bertz CT molecular complexity index is 1410. The second-order valence-electron chi connectivity index (χ2n) is 9.75. The largest absolute Gasteiger partial charge is 0.480 e. The van der Waals surface area contributed by atoms with Gasteiger partial charge in [-0.1, -0.05) is 61.5 Å². The summed E-state index contributed by atoms with van der Waals surface area (Å²) in [6.45, 7) is 3.31. The minimum atomic E-state index is -0.843. The first kappa shape index (κ1) is 20.0. The smallest absolute Gasteiger partial charge is 0.323 e. The van der Waals surface area contributed by atoms with E-state index in [9.17, 15) is 14.7 Å². The molecule has 5 nitrogen and oxygen atoms in total. The number of para-hydroxylation sites is 1. The number of benzene rings is 3. The zero-order valence-corrected chi connectivity index (χ0v) is 18.7. The zero-order valence-electron chi connectivity index (χ0n) is 18.7. The van der Waals surface area contributed by atoms with E-state index in [-0.39, 0.29) is 12.5 Å². The van der Waals surface area contributed by atoms with Gasteiger partial charge in [-0.2, -0.15) is 0 Å². The number of amides is 1. The Kier molecular flexibility index (Phi) is 4.37. The van der Waals surface area contributed by atoms with Gasteiger partial charge in [0.1, 0.15) is 6.54 Å². The van der Waals surface area contributed by atoms with Gasteiger partial charge in [0.15, 0.2) is 0 Å². The topological polar surface area (TPSA) is 62.5 Å². The summed E-state index contributed by atoms with van der Waals surface area (Å²) in [5, 5.41) is 13.1. The van der Waals surface area contributed by atoms with E-state index in [0.717, 1.165) is 28.6 Å². The average molecular weight is 439 g/mol. The molecule has 2 aliphatic rings. The molecule has 0 bridgehead atoms. The van der Waals surface area contributed by atoms with Gasteiger partial charge in [0.2, 0.25) is 5.91 Å². The number of carbonyl (C=O) groups is 2. The van der Waals surface area contributed by atoms with E-state index in [2.05, 4.69) is 49.4 Å². The number of carbonyl (C=O) groups excluding carboxylic acids is 1. The number of carboxylic acids is 1. The van der Waals surface area contributed by atoms with Crippen LogP contribution in [0.3, 0.4) is 0 Å².